The highest BCUT2D eigenvalue weighted by Gasteiger charge is 2.43. The maximum Gasteiger partial charge on any atom is 0.161 e. The number of pyridine rings is 1. The number of piperidine rings is 1. The third-order valence-electron chi connectivity index (χ3n) is 4.88. The Bertz CT molecular complexity index is 812. The van der Waals surface area contributed by atoms with E-state index < -0.39 is 0 Å². The molecule has 2 aliphatic heterocycles. The monoisotopic (exact) mass is 339 g/mol. The van der Waals surface area contributed by atoms with Gasteiger partial charge in [0.05, 0.1) is 22.3 Å². The number of hydrogen-bond acceptors (Lipinski definition) is 4. The maximum atomic E-state index is 9.36. The molecule has 5 heteroatoms. The Kier molecular flexibility index (Phi) is 3.91. The summed E-state index contributed by atoms with van der Waals surface area (Å²) >= 11 is 6.26. The highest BCUT2D eigenvalue weighted by Crippen LogP contribution is 2.38. The molecule has 2 atom stereocenters. The van der Waals surface area contributed by atoms with Gasteiger partial charge in [-0.2, -0.15) is 5.26 Å². The number of fused-ring (bicyclic) bond motifs is 2. The van der Waals surface area contributed by atoms with Crippen molar-refractivity contribution >= 4 is 11.6 Å². The zero-order valence-electron chi connectivity index (χ0n) is 13.3. The number of nitriles is 1. The van der Waals surface area contributed by atoms with Crippen molar-refractivity contribution in [2.75, 3.05) is 0 Å². The first kappa shape index (κ1) is 15.4. The quantitative estimate of drug-likeness (QED) is 0.906. The van der Waals surface area contributed by atoms with Gasteiger partial charge in [-0.3, -0.25) is 10.3 Å². The highest BCUT2D eigenvalue weighted by molar-refractivity contribution is 6.33. The molecule has 0 saturated carbocycles. The topological polar surface area (TPSA) is 57.9 Å². The summed E-state index contributed by atoms with van der Waals surface area (Å²) in [5.41, 5.74) is 1.73. The predicted molar refractivity (Wildman–Crippen MR) is 92.8 cm³/mol. The van der Waals surface area contributed by atoms with Crippen LogP contribution < -0.4 is 10.1 Å². The summed E-state index contributed by atoms with van der Waals surface area (Å²) in [5.74, 6) is 0.695. The van der Waals surface area contributed by atoms with Crippen LogP contribution in [-0.4, -0.2) is 16.8 Å². The van der Waals surface area contributed by atoms with E-state index in [0.717, 1.165) is 24.8 Å². The number of rotatable bonds is 3. The minimum absolute atomic E-state index is 0.290. The summed E-state index contributed by atoms with van der Waals surface area (Å²) in [5, 5.41) is 13.5. The van der Waals surface area contributed by atoms with Crippen LogP contribution in [0.25, 0.3) is 11.3 Å². The smallest absolute Gasteiger partial charge is 0.161 e. The molecule has 2 bridgehead atoms. The van der Waals surface area contributed by atoms with E-state index in [1.165, 1.54) is 12.8 Å². The first-order chi connectivity index (χ1) is 11.7. The Morgan fingerprint density at radius 2 is 2.21 bits per heavy atom. The second-order valence-corrected chi connectivity index (χ2v) is 6.97. The number of ether oxygens (including phenoxy) is 1. The molecule has 2 aromatic rings. The van der Waals surface area contributed by atoms with Gasteiger partial charge < -0.3 is 4.74 Å². The second kappa shape index (κ2) is 6.08. The van der Waals surface area contributed by atoms with Crippen molar-refractivity contribution in [2.24, 2.45) is 0 Å². The van der Waals surface area contributed by atoms with Gasteiger partial charge in [0, 0.05) is 30.6 Å². The fourth-order valence-electron chi connectivity index (χ4n) is 3.79. The van der Waals surface area contributed by atoms with Gasteiger partial charge in [0.1, 0.15) is 5.75 Å². The average Bonchev–Trinajstić information content (AvgIpc) is 2.88. The Morgan fingerprint density at radius 3 is 3.04 bits per heavy atom. The van der Waals surface area contributed by atoms with Crippen molar-refractivity contribution in [3.05, 3.63) is 47.1 Å². The minimum Gasteiger partial charge on any atom is -0.473 e. The van der Waals surface area contributed by atoms with Gasteiger partial charge >= 0.3 is 0 Å². The number of aromatic nitrogens is 1. The van der Waals surface area contributed by atoms with Gasteiger partial charge in [0.25, 0.3) is 0 Å². The van der Waals surface area contributed by atoms with Crippen molar-refractivity contribution in [3.63, 3.8) is 0 Å². The van der Waals surface area contributed by atoms with Crippen LogP contribution in [0.2, 0.25) is 5.02 Å². The largest absolute Gasteiger partial charge is 0.473 e. The lowest BCUT2D eigenvalue weighted by Gasteiger charge is -2.35. The van der Waals surface area contributed by atoms with Gasteiger partial charge in [-0.1, -0.05) is 11.6 Å². The molecule has 0 aliphatic carbocycles. The molecule has 1 N–H and O–H groups in total. The number of nitrogens with zero attached hydrogens (tertiary/aromatic N) is 2. The number of hydrogen-bond donors (Lipinski definition) is 1. The van der Waals surface area contributed by atoms with Crippen LogP contribution in [0.1, 0.15) is 37.7 Å². The van der Waals surface area contributed by atoms with Crippen molar-refractivity contribution in [1.29, 1.82) is 5.26 Å². The molecule has 24 heavy (non-hydrogen) atoms. The first-order valence-corrected chi connectivity index (χ1v) is 8.68. The van der Waals surface area contributed by atoms with Crippen molar-refractivity contribution in [2.45, 2.75) is 43.9 Å². The highest BCUT2D eigenvalue weighted by atomic mass is 35.5. The summed E-state index contributed by atoms with van der Waals surface area (Å²) in [6.07, 6.45) is 7.25. The van der Waals surface area contributed by atoms with E-state index in [0.29, 0.717) is 28.1 Å². The number of benzene rings is 1. The van der Waals surface area contributed by atoms with Crippen molar-refractivity contribution in [3.8, 4) is 23.1 Å². The van der Waals surface area contributed by atoms with E-state index in [-0.39, 0.29) is 5.72 Å². The lowest BCUT2D eigenvalue weighted by atomic mass is 10.0. The molecule has 2 saturated heterocycles. The maximum absolute atomic E-state index is 9.36. The lowest BCUT2D eigenvalue weighted by molar-refractivity contribution is 0.0237. The average molecular weight is 340 g/mol. The molecule has 2 unspecified atom stereocenters. The third-order valence-corrected chi connectivity index (χ3v) is 5.18. The molecule has 4 rings (SSSR count). The van der Waals surface area contributed by atoms with Gasteiger partial charge in [-0.15, -0.1) is 0 Å². The van der Waals surface area contributed by atoms with Crippen molar-refractivity contribution in [1.82, 2.24) is 10.3 Å². The molecule has 1 aromatic carbocycles. The molecule has 4 nitrogen and oxygen atoms in total. The van der Waals surface area contributed by atoms with Crippen LogP contribution in [0, 0.1) is 11.3 Å². The van der Waals surface area contributed by atoms with Crippen LogP contribution in [-0.2, 0) is 0 Å². The van der Waals surface area contributed by atoms with E-state index >= 15 is 0 Å². The predicted octanol–water partition coefficient (Wildman–Crippen LogP) is 4.28. The summed E-state index contributed by atoms with van der Waals surface area (Å²) in [6, 6.07) is 11.9. The Hall–Kier alpha value is -2.09. The second-order valence-electron chi connectivity index (χ2n) is 6.56. The fourth-order valence-corrected chi connectivity index (χ4v) is 4.02. The van der Waals surface area contributed by atoms with Gasteiger partial charge in [-0.25, -0.2) is 0 Å². The summed E-state index contributed by atoms with van der Waals surface area (Å²) in [6.45, 7) is 0. The molecule has 122 valence electrons. The molecule has 3 heterocycles. The molecule has 0 radical (unpaired) electrons. The fraction of sp³-hybridized carbons (Fsp3) is 0.368. The molecule has 1 aromatic heterocycles. The van der Waals surface area contributed by atoms with Crippen LogP contribution >= 0.6 is 11.6 Å². The van der Waals surface area contributed by atoms with E-state index in [9.17, 15) is 5.26 Å². The van der Waals surface area contributed by atoms with Crippen LogP contribution in [0.15, 0.2) is 36.5 Å². The van der Waals surface area contributed by atoms with E-state index in [2.05, 4.69) is 16.4 Å². The molecule has 2 fully saturated rings. The zero-order valence-corrected chi connectivity index (χ0v) is 14.0. The van der Waals surface area contributed by atoms with E-state index in [4.69, 9.17) is 16.3 Å². The Balaban J connectivity index is 1.70. The van der Waals surface area contributed by atoms with Gasteiger partial charge in [0.15, 0.2) is 5.72 Å². The summed E-state index contributed by atoms with van der Waals surface area (Å²) in [4.78, 5) is 4.35. The molecule has 0 amide bonds. The van der Waals surface area contributed by atoms with Gasteiger partial charge in [0.2, 0.25) is 0 Å². The SMILES string of the molecule is N#Cc1cc(OC23CCCC(CC2)N3)cc(-c2ncccc2Cl)c1. The van der Waals surface area contributed by atoms with E-state index in [1.54, 1.807) is 30.5 Å². The summed E-state index contributed by atoms with van der Waals surface area (Å²) in [7, 11) is 0. The summed E-state index contributed by atoms with van der Waals surface area (Å²) < 4.78 is 6.35. The Morgan fingerprint density at radius 1 is 1.29 bits per heavy atom. The van der Waals surface area contributed by atoms with Crippen molar-refractivity contribution < 1.29 is 4.74 Å². The molecule has 0 spiro atoms. The molecular weight excluding hydrogens is 322 g/mol. The third kappa shape index (κ3) is 2.86. The molecular formula is C19H18ClN3O. The number of halogens is 1. The minimum atomic E-state index is -0.290. The number of nitrogens with one attached hydrogen (secondary N) is 1. The van der Waals surface area contributed by atoms with E-state index in [1.807, 2.05) is 6.07 Å². The van der Waals surface area contributed by atoms with Crippen LogP contribution in [0.5, 0.6) is 5.75 Å². The lowest BCUT2D eigenvalue weighted by Crippen LogP contribution is -2.50. The van der Waals surface area contributed by atoms with Crippen LogP contribution in [0.3, 0.4) is 0 Å². The standard InChI is InChI=1S/C19H18ClN3O/c20-17-4-2-8-22-18(17)14-9-13(12-21)10-16(11-14)24-19-6-1-3-15(23-19)5-7-19/h2,4,8-11,15,23H,1,3,5-7H2. The Labute approximate surface area is 146 Å². The molecule has 2 aliphatic rings. The van der Waals surface area contributed by atoms with Crippen LogP contribution in [0.4, 0.5) is 0 Å². The van der Waals surface area contributed by atoms with Gasteiger partial charge in [-0.05, 0) is 49.6 Å². The first-order valence-electron chi connectivity index (χ1n) is 8.30. The zero-order chi connectivity index (χ0) is 16.6. The normalized spacial score (nSPS) is 25.2.